The van der Waals surface area contributed by atoms with Crippen molar-refractivity contribution in [3.63, 3.8) is 0 Å². The summed E-state index contributed by atoms with van der Waals surface area (Å²) in [5.41, 5.74) is 1.40. The monoisotopic (exact) mass is 401 g/mol. The fourth-order valence-corrected chi connectivity index (χ4v) is 2.81. The molecule has 21 heavy (non-hydrogen) atoms. The lowest BCUT2D eigenvalue weighted by Gasteiger charge is -2.21. The first-order valence-electron chi connectivity index (χ1n) is 7.42. The molecule has 5 heteroatoms. The number of halogens is 1. The Bertz CT molecular complexity index is 485. The first-order valence-corrected chi connectivity index (χ1v) is 7.42. The number of guanidine groups is 1. The highest BCUT2D eigenvalue weighted by atomic mass is 127. The molecule has 1 N–H and O–H groups in total. The van der Waals surface area contributed by atoms with Crippen LogP contribution < -0.4 is 10.1 Å². The Hall–Kier alpha value is -0.980. The highest BCUT2D eigenvalue weighted by Crippen LogP contribution is 2.29. The van der Waals surface area contributed by atoms with Crippen LogP contribution in [0, 0.1) is 0 Å². The van der Waals surface area contributed by atoms with E-state index in [1.807, 2.05) is 7.05 Å². The average molecular weight is 401 g/mol. The molecule has 1 aliphatic heterocycles. The second kappa shape index (κ2) is 7.33. The molecule has 1 heterocycles. The quantitative estimate of drug-likeness (QED) is 0.481. The Morgan fingerprint density at radius 2 is 1.95 bits per heavy atom. The van der Waals surface area contributed by atoms with Crippen molar-refractivity contribution in [3.8, 4) is 5.75 Å². The second-order valence-electron chi connectivity index (χ2n) is 5.67. The summed E-state index contributed by atoms with van der Waals surface area (Å²) in [7, 11) is 3.59. The topological polar surface area (TPSA) is 36.9 Å². The molecule has 1 atom stereocenters. The van der Waals surface area contributed by atoms with Gasteiger partial charge >= 0.3 is 0 Å². The van der Waals surface area contributed by atoms with Crippen LogP contribution in [0.3, 0.4) is 0 Å². The van der Waals surface area contributed by atoms with Crippen molar-refractivity contribution in [3.05, 3.63) is 29.8 Å². The second-order valence-corrected chi connectivity index (χ2v) is 5.67. The summed E-state index contributed by atoms with van der Waals surface area (Å²) in [5, 5.41) is 3.53. The summed E-state index contributed by atoms with van der Waals surface area (Å²) in [6.07, 6.45) is 3.77. The summed E-state index contributed by atoms with van der Waals surface area (Å²) in [6, 6.07) is 9.13. The third kappa shape index (κ3) is 4.02. The number of ether oxygens (including phenoxy) is 1. The molecule has 0 radical (unpaired) electrons. The zero-order valence-corrected chi connectivity index (χ0v) is 15.0. The zero-order valence-electron chi connectivity index (χ0n) is 12.7. The smallest absolute Gasteiger partial charge is 0.193 e. The van der Waals surface area contributed by atoms with Crippen molar-refractivity contribution < 1.29 is 4.74 Å². The van der Waals surface area contributed by atoms with E-state index in [4.69, 9.17) is 4.74 Å². The molecular formula is C16H24IN3O. The first-order chi connectivity index (χ1) is 9.80. The Kier molecular flexibility index (Phi) is 5.72. The lowest BCUT2D eigenvalue weighted by Crippen LogP contribution is -2.40. The molecule has 1 saturated carbocycles. The maximum Gasteiger partial charge on any atom is 0.193 e. The fourth-order valence-electron chi connectivity index (χ4n) is 2.81. The number of rotatable bonds is 3. The van der Waals surface area contributed by atoms with Crippen LogP contribution in [-0.2, 0) is 0 Å². The Balaban J connectivity index is 0.00000161. The summed E-state index contributed by atoms with van der Waals surface area (Å²) in [6.45, 7) is 2.14. The van der Waals surface area contributed by atoms with Crippen LogP contribution >= 0.6 is 24.0 Å². The average Bonchev–Trinajstić information content (AvgIpc) is 3.19. The maximum atomic E-state index is 5.22. The highest BCUT2D eigenvalue weighted by Gasteiger charge is 2.29. The molecule has 0 amide bonds. The van der Waals surface area contributed by atoms with E-state index < -0.39 is 0 Å². The van der Waals surface area contributed by atoms with Gasteiger partial charge in [-0.1, -0.05) is 12.1 Å². The molecule has 2 fully saturated rings. The van der Waals surface area contributed by atoms with Gasteiger partial charge in [0.1, 0.15) is 5.75 Å². The molecule has 1 aromatic carbocycles. The van der Waals surface area contributed by atoms with E-state index in [0.717, 1.165) is 24.8 Å². The van der Waals surface area contributed by atoms with Crippen molar-refractivity contribution in [2.24, 2.45) is 4.99 Å². The van der Waals surface area contributed by atoms with Gasteiger partial charge in [0, 0.05) is 32.1 Å². The molecular weight excluding hydrogens is 377 g/mol. The van der Waals surface area contributed by atoms with Crippen LogP contribution in [0.15, 0.2) is 29.3 Å². The Labute approximate surface area is 144 Å². The predicted octanol–water partition coefficient (Wildman–Crippen LogP) is 2.84. The van der Waals surface area contributed by atoms with Crippen LogP contribution in [-0.4, -0.2) is 44.1 Å². The molecule has 1 unspecified atom stereocenters. The zero-order chi connectivity index (χ0) is 13.9. The number of nitrogens with zero attached hydrogens (tertiary/aromatic N) is 2. The van der Waals surface area contributed by atoms with Crippen molar-refractivity contribution in [2.75, 3.05) is 27.2 Å². The molecule has 1 aromatic rings. The first kappa shape index (κ1) is 16.4. The van der Waals surface area contributed by atoms with Crippen molar-refractivity contribution in [1.82, 2.24) is 10.2 Å². The fraction of sp³-hybridized carbons (Fsp3) is 0.562. The van der Waals surface area contributed by atoms with Gasteiger partial charge in [-0.3, -0.25) is 4.99 Å². The molecule has 0 aromatic heterocycles. The molecule has 1 saturated heterocycles. The van der Waals surface area contributed by atoms with Gasteiger partial charge in [-0.05, 0) is 37.0 Å². The summed E-state index contributed by atoms with van der Waals surface area (Å²) < 4.78 is 5.22. The third-order valence-electron chi connectivity index (χ3n) is 4.20. The SMILES string of the molecule is CN=C(NC1CC1)N1CCC(c2ccc(OC)cc2)C1.I. The largest absolute Gasteiger partial charge is 0.497 e. The number of methoxy groups -OCH3 is 1. The van der Waals surface area contributed by atoms with Crippen LogP contribution in [0.25, 0.3) is 0 Å². The molecule has 2 aliphatic rings. The molecule has 0 spiro atoms. The molecule has 3 rings (SSSR count). The van der Waals surface area contributed by atoms with Crippen molar-refractivity contribution >= 4 is 29.9 Å². The van der Waals surface area contributed by atoms with Gasteiger partial charge in [-0.25, -0.2) is 0 Å². The predicted molar refractivity (Wildman–Crippen MR) is 96.9 cm³/mol. The van der Waals surface area contributed by atoms with Crippen LogP contribution in [0.1, 0.15) is 30.7 Å². The standard InChI is InChI=1S/C16H23N3O.HI/c1-17-16(18-14-5-6-14)19-10-9-13(11-19)12-3-7-15(20-2)8-4-12;/h3-4,7-8,13-14H,5-6,9-11H2,1-2H3,(H,17,18);1H. The van der Waals surface area contributed by atoms with E-state index in [0.29, 0.717) is 12.0 Å². The van der Waals surface area contributed by atoms with Crippen LogP contribution in [0.5, 0.6) is 5.75 Å². The summed E-state index contributed by atoms with van der Waals surface area (Å²) in [4.78, 5) is 6.80. The normalized spacial score (nSPS) is 21.9. The van der Waals surface area contributed by atoms with Gasteiger partial charge in [-0.15, -0.1) is 24.0 Å². The van der Waals surface area contributed by atoms with Gasteiger partial charge in [0.15, 0.2) is 5.96 Å². The maximum absolute atomic E-state index is 5.22. The minimum absolute atomic E-state index is 0. The van der Waals surface area contributed by atoms with E-state index in [-0.39, 0.29) is 24.0 Å². The lowest BCUT2D eigenvalue weighted by atomic mass is 9.98. The van der Waals surface area contributed by atoms with Gasteiger partial charge in [0.25, 0.3) is 0 Å². The van der Waals surface area contributed by atoms with Gasteiger partial charge in [0.05, 0.1) is 7.11 Å². The van der Waals surface area contributed by atoms with E-state index in [2.05, 4.69) is 39.5 Å². The number of hydrogen-bond acceptors (Lipinski definition) is 2. The van der Waals surface area contributed by atoms with Crippen LogP contribution in [0.4, 0.5) is 0 Å². The van der Waals surface area contributed by atoms with E-state index in [1.54, 1.807) is 7.11 Å². The summed E-state index contributed by atoms with van der Waals surface area (Å²) in [5.74, 6) is 2.59. The minimum atomic E-state index is 0. The Morgan fingerprint density at radius 1 is 1.24 bits per heavy atom. The molecule has 116 valence electrons. The third-order valence-corrected chi connectivity index (χ3v) is 4.20. The van der Waals surface area contributed by atoms with Crippen LogP contribution in [0.2, 0.25) is 0 Å². The molecule has 4 nitrogen and oxygen atoms in total. The number of likely N-dealkylation sites (tertiary alicyclic amines) is 1. The molecule has 0 bridgehead atoms. The molecule has 1 aliphatic carbocycles. The minimum Gasteiger partial charge on any atom is -0.497 e. The summed E-state index contributed by atoms with van der Waals surface area (Å²) >= 11 is 0. The van der Waals surface area contributed by atoms with E-state index in [9.17, 15) is 0 Å². The number of aliphatic imine (C=N–C) groups is 1. The Morgan fingerprint density at radius 3 is 2.52 bits per heavy atom. The number of hydrogen-bond donors (Lipinski definition) is 1. The van der Waals surface area contributed by atoms with Crippen molar-refractivity contribution in [1.29, 1.82) is 0 Å². The van der Waals surface area contributed by atoms with Gasteiger partial charge in [0.2, 0.25) is 0 Å². The number of benzene rings is 1. The van der Waals surface area contributed by atoms with E-state index >= 15 is 0 Å². The number of nitrogens with one attached hydrogen (secondary N) is 1. The lowest BCUT2D eigenvalue weighted by molar-refractivity contribution is 0.414. The highest BCUT2D eigenvalue weighted by molar-refractivity contribution is 14.0. The van der Waals surface area contributed by atoms with E-state index in [1.165, 1.54) is 24.8 Å². The van der Waals surface area contributed by atoms with Gasteiger partial charge in [-0.2, -0.15) is 0 Å². The van der Waals surface area contributed by atoms with Crippen molar-refractivity contribution in [2.45, 2.75) is 31.2 Å². The van der Waals surface area contributed by atoms with Gasteiger partial charge < -0.3 is 15.0 Å².